The monoisotopic (exact) mass is 232 g/mol. The maximum Gasteiger partial charge on any atom is 0.258 e. The Bertz CT molecular complexity index is 460. The molecule has 1 amide bonds. The zero-order valence-corrected chi connectivity index (χ0v) is 9.90. The van der Waals surface area contributed by atoms with Gasteiger partial charge in [0.25, 0.3) is 5.91 Å². The second-order valence-electron chi connectivity index (χ2n) is 4.89. The lowest BCUT2D eigenvalue weighted by atomic mass is 9.98. The zero-order valence-electron chi connectivity index (χ0n) is 9.90. The summed E-state index contributed by atoms with van der Waals surface area (Å²) in [5.74, 6) is 0.675. The molecule has 4 nitrogen and oxygen atoms in total. The van der Waals surface area contributed by atoms with Crippen molar-refractivity contribution in [2.75, 3.05) is 20.1 Å². The van der Waals surface area contributed by atoms with Crippen LogP contribution in [0, 0.1) is 0 Å². The molecule has 1 spiro atoms. The van der Waals surface area contributed by atoms with Crippen molar-refractivity contribution in [1.29, 1.82) is 0 Å². The first-order valence-corrected chi connectivity index (χ1v) is 5.98. The van der Waals surface area contributed by atoms with E-state index in [-0.39, 0.29) is 5.91 Å². The molecule has 1 aromatic carbocycles. The number of nitrogens with zero attached hydrogens (tertiary/aromatic N) is 1. The van der Waals surface area contributed by atoms with Crippen molar-refractivity contribution in [3.05, 3.63) is 29.8 Å². The predicted octanol–water partition coefficient (Wildman–Crippen LogP) is 1.23. The summed E-state index contributed by atoms with van der Waals surface area (Å²) < 4.78 is 6.03. The van der Waals surface area contributed by atoms with E-state index in [0.29, 0.717) is 11.3 Å². The molecule has 1 atom stereocenters. The van der Waals surface area contributed by atoms with Crippen LogP contribution in [-0.4, -0.2) is 36.7 Å². The number of fused-ring (bicyclic) bond motifs is 1. The highest BCUT2D eigenvalue weighted by atomic mass is 16.5. The molecule has 2 heterocycles. The van der Waals surface area contributed by atoms with E-state index in [9.17, 15) is 4.79 Å². The largest absolute Gasteiger partial charge is 0.466 e. The Morgan fingerprint density at radius 3 is 3.06 bits per heavy atom. The standard InChI is InChI=1S/C13H16N2O2/c1-15-8-4-7-13(9-15)14-12(16)10-5-2-3-6-11(10)17-13/h2-3,5-6H,4,7-9H2,1H3,(H,14,16). The van der Waals surface area contributed by atoms with Crippen LogP contribution >= 0.6 is 0 Å². The number of benzene rings is 1. The normalized spacial score (nSPS) is 28.4. The molecule has 0 bridgehead atoms. The van der Waals surface area contributed by atoms with Crippen molar-refractivity contribution in [1.82, 2.24) is 10.2 Å². The lowest BCUT2D eigenvalue weighted by Crippen LogP contribution is -2.63. The van der Waals surface area contributed by atoms with Gasteiger partial charge in [0.2, 0.25) is 0 Å². The molecule has 4 heteroatoms. The molecule has 17 heavy (non-hydrogen) atoms. The number of piperidine rings is 1. The van der Waals surface area contributed by atoms with Gasteiger partial charge in [-0.2, -0.15) is 0 Å². The van der Waals surface area contributed by atoms with Gasteiger partial charge in [0.15, 0.2) is 5.72 Å². The highest BCUT2D eigenvalue weighted by Gasteiger charge is 2.42. The smallest absolute Gasteiger partial charge is 0.258 e. The van der Waals surface area contributed by atoms with Gasteiger partial charge in [-0.1, -0.05) is 12.1 Å². The van der Waals surface area contributed by atoms with Gasteiger partial charge in [-0.05, 0) is 32.1 Å². The Hall–Kier alpha value is -1.55. The number of hydrogen-bond donors (Lipinski definition) is 1. The maximum atomic E-state index is 12.1. The molecule has 1 fully saturated rings. The fourth-order valence-corrected chi connectivity index (χ4v) is 2.67. The van der Waals surface area contributed by atoms with Crippen LogP contribution in [0.15, 0.2) is 24.3 Å². The third kappa shape index (κ3) is 1.78. The molecule has 1 aromatic rings. The average molecular weight is 232 g/mol. The van der Waals surface area contributed by atoms with Crippen molar-refractivity contribution in [3.63, 3.8) is 0 Å². The van der Waals surface area contributed by atoms with Crippen LogP contribution in [0.5, 0.6) is 5.75 Å². The maximum absolute atomic E-state index is 12.1. The van der Waals surface area contributed by atoms with Gasteiger partial charge < -0.3 is 15.0 Å². The van der Waals surface area contributed by atoms with Crippen molar-refractivity contribution < 1.29 is 9.53 Å². The first-order chi connectivity index (χ1) is 8.19. The molecule has 0 radical (unpaired) electrons. The average Bonchev–Trinajstić information content (AvgIpc) is 2.28. The number of nitrogens with one attached hydrogen (secondary N) is 1. The van der Waals surface area contributed by atoms with E-state index in [1.807, 2.05) is 18.2 Å². The minimum Gasteiger partial charge on any atom is -0.466 e. The van der Waals surface area contributed by atoms with Gasteiger partial charge in [0.1, 0.15) is 5.75 Å². The first-order valence-electron chi connectivity index (χ1n) is 5.98. The van der Waals surface area contributed by atoms with Crippen LogP contribution in [0.2, 0.25) is 0 Å². The SMILES string of the molecule is CN1CCCC2(C1)NC(=O)c1ccccc1O2. The highest BCUT2D eigenvalue weighted by Crippen LogP contribution is 2.31. The Morgan fingerprint density at radius 2 is 2.24 bits per heavy atom. The van der Waals surface area contributed by atoms with Crippen LogP contribution in [0.1, 0.15) is 23.2 Å². The molecule has 0 aliphatic carbocycles. The number of carbonyl (C=O) groups excluding carboxylic acids is 1. The second kappa shape index (κ2) is 3.74. The molecule has 2 aliphatic heterocycles. The Balaban J connectivity index is 1.95. The minimum atomic E-state index is -0.529. The van der Waals surface area contributed by atoms with Gasteiger partial charge in [-0.15, -0.1) is 0 Å². The second-order valence-corrected chi connectivity index (χ2v) is 4.89. The van der Waals surface area contributed by atoms with E-state index >= 15 is 0 Å². The fraction of sp³-hybridized carbons (Fsp3) is 0.462. The molecule has 2 aliphatic rings. The Kier molecular flexibility index (Phi) is 2.33. The summed E-state index contributed by atoms with van der Waals surface area (Å²) in [6.07, 6.45) is 1.91. The molecule has 1 unspecified atom stereocenters. The molecule has 1 saturated heterocycles. The topological polar surface area (TPSA) is 41.6 Å². The first kappa shape index (κ1) is 10.6. The molecule has 1 N–H and O–H groups in total. The van der Waals surface area contributed by atoms with Crippen molar-refractivity contribution >= 4 is 5.91 Å². The summed E-state index contributed by atoms with van der Waals surface area (Å²) in [7, 11) is 2.05. The van der Waals surface area contributed by atoms with Crippen LogP contribution in [0.25, 0.3) is 0 Å². The molecule has 0 saturated carbocycles. The number of ether oxygens (including phenoxy) is 1. The highest BCUT2D eigenvalue weighted by molar-refractivity contribution is 5.98. The molecule has 0 aromatic heterocycles. The summed E-state index contributed by atoms with van der Waals surface area (Å²) in [5.41, 5.74) is 0.102. The van der Waals surface area contributed by atoms with E-state index in [1.165, 1.54) is 0 Å². The van der Waals surface area contributed by atoms with Crippen LogP contribution < -0.4 is 10.1 Å². The van der Waals surface area contributed by atoms with Gasteiger partial charge in [-0.3, -0.25) is 4.79 Å². The molecular formula is C13H16N2O2. The third-order valence-electron chi connectivity index (χ3n) is 3.42. The lowest BCUT2D eigenvalue weighted by molar-refractivity contribution is -0.0305. The lowest BCUT2D eigenvalue weighted by Gasteiger charge is -2.44. The number of rotatable bonds is 0. The number of hydrogen-bond acceptors (Lipinski definition) is 3. The number of likely N-dealkylation sites (N-methyl/N-ethyl adjacent to an activating group) is 1. The van der Waals surface area contributed by atoms with E-state index in [1.54, 1.807) is 6.07 Å². The Morgan fingerprint density at radius 1 is 1.41 bits per heavy atom. The number of carbonyl (C=O) groups is 1. The summed E-state index contributed by atoms with van der Waals surface area (Å²) in [4.78, 5) is 14.2. The number of likely N-dealkylation sites (tertiary alicyclic amines) is 1. The van der Waals surface area contributed by atoms with Gasteiger partial charge >= 0.3 is 0 Å². The Labute approximate surface area is 101 Å². The number of para-hydroxylation sites is 1. The molecular weight excluding hydrogens is 216 g/mol. The summed E-state index contributed by atoms with van der Waals surface area (Å²) >= 11 is 0. The van der Waals surface area contributed by atoms with Crippen molar-refractivity contribution in [2.24, 2.45) is 0 Å². The van der Waals surface area contributed by atoms with Gasteiger partial charge in [-0.25, -0.2) is 0 Å². The fourth-order valence-electron chi connectivity index (χ4n) is 2.67. The van der Waals surface area contributed by atoms with E-state index in [2.05, 4.69) is 17.3 Å². The molecule has 90 valence electrons. The predicted molar refractivity (Wildman–Crippen MR) is 64.0 cm³/mol. The van der Waals surface area contributed by atoms with Crippen LogP contribution in [0.3, 0.4) is 0 Å². The summed E-state index contributed by atoms with van der Waals surface area (Å²) in [6.45, 7) is 1.80. The van der Waals surface area contributed by atoms with Crippen LogP contribution in [0.4, 0.5) is 0 Å². The third-order valence-corrected chi connectivity index (χ3v) is 3.42. The summed E-state index contributed by atoms with van der Waals surface area (Å²) in [6, 6.07) is 7.42. The van der Waals surface area contributed by atoms with Gasteiger partial charge in [0.05, 0.1) is 12.1 Å². The van der Waals surface area contributed by atoms with Gasteiger partial charge in [0, 0.05) is 6.42 Å². The quantitative estimate of drug-likeness (QED) is 0.731. The summed E-state index contributed by atoms with van der Waals surface area (Å²) in [5, 5.41) is 3.02. The van der Waals surface area contributed by atoms with Crippen molar-refractivity contribution in [2.45, 2.75) is 18.6 Å². The van der Waals surface area contributed by atoms with Crippen molar-refractivity contribution in [3.8, 4) is 5.75 Å². The van der Waals surface area contributed by atoms with Crippen LogP contribution in [-0.2, 0) is 0 Å². The van der Waals surface area contributed by atoms with E-state index in [4.69, 9.17) is 4.74 Å². The van der Waals surface area contributed by atoms with E-state index < -0.39 is 5.72 Å². The minimum absolute atomic E-state index is 0.0258. The molecule has 3 rings (SSSR count). The number of amides is 1. The van der Waals surface area contributed by atoms with E-state index in [0.717, 1.165) is 25.9 Å². The zero-order chi connectivity index (χ0) is 11.9.